The molecule has 3 unspecified atom stereocenters. The quantitative estimate of drug-likeness (QED) is 0.385. The summed E-state index contributed by atoms with van der Waals surface area (Å²) in [6.07, 6.45) is 0.159. The minimum atomic E-state index is -1.30. The van der Waals surface area contributed by atoms with Crippen molar-refractivity contribution < 1.29 is 23.9 Å². The first-order valence-corrected chi connectivity index (χ1v) is 13.0. The molecule has 37 heavy (non-hydrogen) atoms. The molecule has 0 aromatic heterocycles. The molecule has 0 radical (unpaired) electrons. The Morgan fingerprint density at radius 2 is 1.57 bits per heavy atom. The molecule has 4 amide bonds. The third kappa shape index (κ3) is 10.8. The largest absolute Gasteiger partial charge is 0.444 e. The Bertz CT molecular complexity index is 939. The zero-order valence-electron chi connectivity index (χ0n) is 23.9. The summed E-state index contributed by atoms with van der Waals surface area (Å²) in [6, 6.07) is 4.56. The van der Waals surface area contributed by atoms with Gasteiger partial charge >= 0.3 is 6.09 Å². The summed E-state index contributed by atoms with van der Waals surface area (Å²) in [7, 11) is 0. The number of nitrogens with one attached hydrogen (secondary N) is 2. The molecule has 0 fully saturated rings. The highest BCUT2D eigenvalue weighted by Crippen LogP contribution is 2.30. The molecule has 9 nitrogen and oxygen atoms in total. The van der Waals surface area contributed by atoms with Gasteiger partial charge in [-0.05, 0) is 78.4 Å². The fourth-order valence-electron chi connectivity index (χ4n) is 4.02. The fourth-order valence-corrected chi connectivity index (χ4v) is 4.02. The van der Waals surface area contributed by atoms with Crippen LogP contribution in [0.3, 0.4) is 0 Å². The van der Waals surface area contributed by atoms with Crippen molar-refractivity contribution in [1.29, 1.82) is 0 Å². The molecular weight excluding hydrogens is 472 g/mol. The van der Waals surface area contributed by atoms with Gasteiger partial charge in [0, 0.05) is 12.1 Å². The van der Waals surface area contributed by atoms with Gasteiger partial charge < -0.3 is 26.0 Å². The summed E-state index contributed by atoms with van der Waals surface area (Å²) in [5.74, 6) is -1.30. The SMILES string of the molecule is Cc1ccccc1C(C(=O)NC(C)C)N(C(=O)C(CC(N)=O)NC(=O)OC(C)(C)C)C(C)CCC(C)C. The Labute approximate surface area is 221 Å². The minimum Gasteiger partial charge on any atom is -0.444 e. The van der Waals surface area contributed by atoms with Crippen molar-refractivity contribution in [2.45, 2.75) is 111 Å². The van der Waals surface area contributed by atoms with Crippen LogP contribution in [-0.2, 0) is 19.1 Å². The van der Waals surface area contributed by atoms with E-state index in [1.165, 1.54) is 4.90 Å². The smallest absolute Gasteiger partial charge is 0.408 e. The van der Waals surface area contributed by atoms with E-state index in [9.17, 15) is 19.2 Å². The van der Waals surface area contributed by atoms with E-state index in [2.05, 4.69) is 24.5 Å². The van der Waals surface area contributed by atoms with Crippen molar-refractivity contribution in [3.8, 4) is 0 Å². The Hall–Kier alpha value is -3.10. The molecule has 208 valence electrons. The lowest BCUT2D eigenvalue weighted by molar-refractivity contribution is -0.146. The molecule has 3 atom stereocenters. The maximum Gasteiger partial charge on any atom is 0.408 e. The second kappa shape index (κ2) is 14.0. The van der Waals surface area contributed by atoms with E-state index >= 15 is 0 Å². The van der Waals surface area contributed by atoms with Crippen LogP contribution in [0.4, 0.5) is 4.79 Å². The molecule has 1 aromatic carbocycles. The number of nitrogens with two attached hydrogens (primary N) is 1. The lowest BCUT2D eigenvalue weighted by atomic mass is 9.94. The number of ether oxygens (including phenoxy) is 1. The van der Waals surface area contributed by atoms with E-state index < -0.39 is 42.0 Å². The molecule has 0 aliphatic heterocycles. The Balaban J connectivity index is 3.64. The highest BCUT2D eigenvalue weighted by Gasteiger charge is 2.40. The molecule has 4 N–H and O–H groups in total. The molecular formula is C28H46N4O5. The predicted molar refractivity (Wildman–Crippen MR) is 145 cm³/mol. The zero-order valence-corrected chi connectivity index (χ0v) is 23.9. The average Bonchev–Trinajstić information content (AvgIpc) is 2.73. The van der Waals surface area contributed by atoms with Gasteiger partial charge in [-0.25, -0.2) is 4.79 Å². The fraction of sp³-hybridized carbons (Fsp3) is 0.643. The maximum atomic E-state index is 14.2. The Morgan fingerprint density at radius 3 is 2.05 bits per heavy atom. The molecule has 0 saturated carbocycles. The van der Waals surface area contributed by atoms with Crippen molar-refractivity contribution >= 4 is 23.8 Å². The van der Waals surface area contributed by atoms with E-state index in [-0.39, 0.29) is 18.0 Å². The molecule has 0 saturated heterocycles. The molecule has 0 aliphatic carbocycles. The van der Waals surface area contributed by atoms with Gasteiger partial charge in [0.25, 0.3) is 0 Å². The summed E-state index contributed by atoms with van der Waals surface area (Å²) in [6.45, 7) is 16.7. The predicted octanol–water partition coefficient (Wildman–Crippen LogP) is 3.98. The standard InChI is InChI=1S/C28H46N4O5/c1-17(2)14-15-20(6)32(24(25(34)30-18(3)4)21-13-11-10-12-19(21)5)26(35)22(16-23(29)33)31-27(36)37-28(7,8)9/h10-13,17-18,20,22,24H,14-16H2,1-9H3,(H2,29,33)(H,30,34)(H,31,36). The van der Waals surface area contributed by atoms with Crippen molar-refractivity contribution in [3.05, 3.63) is 35.4 Å². The molecule has 0 spiro atoms. The number of amides is 4. The molecule has 0 heterocycles. The number of carbonyl (C=O) groups excluding carboxylic acids is 4. The van der Waals surface area contributed by atoms with Crippen LogP contribution >= 0.6 is 0 Å². The third-order valence-electron chi connectivity index (χ3n) is 5.73. The van der Waals surface area contributed by atoms with Gasteiger partial charge in [-0.1, -0.05) is 38.1 Å². The summed E-state index contributed by atoms with van der Waals surface area (Å²) >= 11 is 0. The Morgan fingerprint density at radius 1 is 0.973 bits per heavy atom. The van der Waals surface area contributed by atoms with Crippen LogP contribution in [0.25, 0.3) is 0 Å². The molecule has 1 aromatic rings. The van der Waals surface area contributed by atoms with Crippen LogP contribution in [0, 0.1) is 12.8 Å². The second-order valence-electron chi connectivity index (χ2n) is 11.4. The van der Waals surface area contributed by atoms with Crippen molar-refractivity contribution in [1.82, 2.24) is 15.5 Å². The minimum absolute atomic E-state index is 0.164. The molecule has 9 heteroatoms. The number of nitrogens with zero attached hydrogens (tertiary/aromatic N) is 1. The first-order chi connectivity index (χ1) is 17.0. The number of alkyl carbamates (subject to hydrolysis) is 1. The van der Waals surface area contributed by atoms with E-state index in [0.29, 0.717) is 17.9 Å². The van der Waals surface area contributed by atoms with Gasteiger partial charge in [0.15, 0.2) is 0 Å². The van der Waals surface area contributed by atoms with Crippen molar-refractivity contribution in [2.75, 3.05) is 0 Å². The highest BCUT2D eigenvalue weighted by molar-refractivity contribution is 5.95. The molecule has 1 rings (SSSR count). The monoisotopic (exact) mass is 518 g/mol. The number of rotatable bonds is 12. The van der Waals surface area contributed by atoms with Gasteiger partial charge in [0.05, 0.1) is 6.42 Å². The Kier molecular flexibility index (Phi) is 12.1. The van der Waals surface area contributed by atoms with E-state index in [1.54, 1.807) is 20.8 Å². The summed E-state index contributed by atoms with van der Waals surface area (Å²) in [5.41, 5.74) is 6.16. The first-order valence-electron chi connectivity index (χ1n) is 13.0. The van der Waals surface area contributed by atoms with Crippen LogP contribution in [0.2, 0.25) is 0 Å². The van der Waals surface area contributed by atoms with Gasteiger partial charge in [0.1, 0.15) is 17.7 Å². The molecule has 0 aliphatic rings. The number of benzene rings is 1. The first kappa shape index (κ1) is 31.9. The number of hydrogen-bond acceptors (Lipinski definition) is 5. The number of carbonyl (C=O) groups is 4. The average molecular weight is 519 g/mol. The van der Waals surface area contributed by atoms with Gasteiger partial charge in [-0.15, -0.1) is 0 Å². The van der Waals surface area contributed by atoms with Gasteiger partial charge in [-0.3, -0.25) is 14.4 Å². The van der Waals surface area contributed by atoms with E-state index in [4.69, 9.17) is 10.5 Å². The normalized spacial score (nSPS) is 14.0. The van der Waals surface area contributed by atoms with Crippen molar-refractivity contribution in [2.24, 2.45) is 11.7 Å². The lowest BCUT2D eigenvalue weighted by Crippen LogP contribution is -2.56. The van der Waals surface area contributed by atoms with Crippen LogP contribution in [0.15, 0.2) is 24.3 Å². The number of hydrogen-bond donors (Lipinski definition) is 3. The van der Waals surface area contributed by atoms with Gasteiger partial charge in [-0.2, -0.15) is 0 Å². The summed E-state index contributed by atoms with van der Waals surface area (Å²) < 4.78 is 5.33. The lowest BCUT2D eigenvalue weighted by Gasteiger charge is -2.39. The number of primary amides is 1. The maximum absolute atomic E-state index is 14.2. The van der Waals surface area contributed by atoms with E-state index in [1.807, 2.05) is 52.0 Å². The highest BCUT2D eigenvalue weighted by atomic mass is 16.6. The van der Waals surface area contributed by atoms with Gasteiger partial charge in [0.2, 0.25) is 17.7 Å². The van der Waals surface area contributed by atoms with Crippen LogP contribution in [0.5, 0.6) is 0 Å². The van der Waals surface area contributed by atoms with Crippen LogP contribution < -0.4 is 16.4 Å². The number of aryl methyl sites for hydroxylation is 1. The topological polar surface area (TPSA) is 131 Å². The summed E-state index contributed by atoms with van der Waals surface area (Å²) in [5, 5.41) is 5.46. The zero-order chi connectivity index (χ0) is 28.5. The van der Waals surface area contributed by atoms with Crippen LogP contribution in [-0.4, -0.2) is 52.4 Å². The summed E-state index contributed by atoms with van der Waals surface area (Å²) in [4.78, 5) is 53.8. The third-order valence-corrected chi connectivity index (χ3v) is 5.73. The van der Waals surface area contributed by atoms with E-state index in [0.717, 1.165) is 12.0 Å². The van der Waals surface area contributed by atoms with Crippen molar-refractivity contribution in [3.63, 3.8) is 0 Å². The molecule has 0 bridgehead atoms. The second-order valence-corrected chi connectivity index (χ2v) is 11.4. The van der Waals surface area contributed by atoms with Crippen LogP contribution in [0.1, 0.15) is 91.8 Å².